The van der Waals surface area contributed by atoms with E-state index in [9.17, 15) is 0 Å². The Balaban J connectivity index is 1.89. The fraction of sp³-hybridized carbons (Fsp3) is 0.300. The van der Waals surface area contributed by atoms with E-state index in [1.807, 2.05) is 13.1 Å². The average molecular weight is 220 g/mol. The molecule has 1 aromatic heterocycles. The van der Waals surface area contributed by atoms with Crippen molar-refractivity contribution < 1.29 is 0 Å². The highest BCUT2D eigenvalue weighted by Gasteiger charge is 2.04. The quantitative estimate of drug-likeness (QED) is 0.785. The van der Waals surface area contributed by atoms with Crippen molar-refractivity contribution in [2.75, 3.05) is 18.5 Å². The van der Waals surface area contributed by atoms with Crippen LogP contribution in [0.1, 0.15) is 5.56 Å². The molecule has 5 heteroatoms. The fourth-order valence-corrected chi connectivity index (χ4v) is 1.76. The first-order chi connectivity index (χ1) is 7.36. The number of nitrogens with zero attached hydrogens (tertiary/aromatic N) is 4. The molecule has 0 atom stereocenters. The normalized spacial score (nSPS) is 10.2. The van der Waals surface area contributed by atoms with E-state index in [1.54, 1.807) is 0 Å². The van der Waals surface area contributed by atoms with Crippen LogP contribution in [0.15, 0.2) is 30.3 Å². The number of aromatic nitrogens is 3. The van der Waals surface area contributed by atoms with Crippen molar-refractivity contribution in [1.82, 2.24) is 14.8 Å². The summed E-state index contributed by atoms with van der Waals surface area (Å²) in [6.45, 7) is 0.931. The Kier molecular flexibility index (Phi) is 3.24. The first kappa shape index (κ1) is 10.0. The average Bonchev–Trinajstić information content (AvgIpc) is 2.81. The van der Waals surface area contributed by atoms with Gasteiger partial charge in [0, 0.05) is 25.1 Å². The van der Waals surface area contributed by atoms with E-state index in [2.05, 4.69) is 44.0 Å². The van der Waals surface area contributed by atoms with Gasteiger partial charge in [-0.15, -0.1) is 0 Å². The highest BCUT2D eigenvalue weighted by Crippen LogP contribution is 2.11. The van der Waals surface area contributed by atoms with E-state index < -0.39 is 0 Å². The second-order valence-electron chi connectivity index (χ2n) is 3.30. The van der Waals surface area contributed by atoms with Gasteiger partial charge < -0.3 is 4.90 Å². The molecule has 0 aliphatic rings. The third-order valence-electron chi connectivity index (χ3n) is 2.19. The summed E-state index contributed by atoms with van der Waals surface area (Å²) >= 11 is 1.32. The number of hydrogen-bond acceptors (Lipinski definition) is 5. The van der Waals surface area contributed by atoms with Crippen LogP contribution in [0.25, 0.3) is 0 Å². The van der Waals surface area contributed by atoms with Crippen molar-refractivity contribution in [1.29, 1.82) is 0 Å². The second kappa shape index (κ2) is 4.84. The third-order valence-corrected chi connectivity index (χ3v) is 2.91. The minimum Gasteiger partial charge on any atom is -0.348 e. The minimum absolute atomic E-state index is 0.867. The first-order valence-corrected chi connectivity index (χ1v) is 5.53. The van der Waals surface area contributed by atoms with Crippen LogP contribution >= 0.6 is 11.5 Å². The van der Waals surface area contributed by atoms with Gasteiger partial charge in [-0.2, -0.15) is 0 Å². The van der Waals surface area contributed by atoms with Gasteiger partial charge in [0.15, 0.2) is 0 Å². The summed E-state index contributed by atoms with van der Waals surface area (Å²) in [4.78, 5) is 2.07. The smallest absolute Gasteiger partial charge is 0.227 e. The molecule has 0 radical (unpaired) electrons. The Bertz CT molecular complexity index is 387. The van der Waals surface area contributed by atoms with Gasteiger partial charge in [0.1, 0.15) is 0 Å². The van der Waals surface area contributed by atoms with Crippen LogP contribution in [0.4, 0.5) is 5.13 Å². The maximum Gasteiger partial charge on any atom is 0.227 e. The number of anilines is 1. The second-order valence-corrected chi connectivity index (χ2v) is 4.01. The highest BCUT2D eigenvalue weighted by molar-refractivity contribution is 7.09. The molecule has 0 spiro atoms. The molecule has 0 fully saturated rings. The zero-order valence-electron chi connectivity index (χ0n) is 8.50. The molecule has 15 heavy (non-hydrogen) atoms. The van der Waals surface area contributed by atoms with Gasteiger partial charge >= 0.3 is 0 Å². The Morgan fingerprint density at radius 2 is 2.07 bits per heavy atom. The van der Waals surface area contributed by atoms with Crippen molar-refractivity contribution in [3.63, 3.8) is 0 Å². The van der Waals surface area contributed by atoms with Gasteiger partial charge in [-0.3, -0.25) is 0 Å². The van der Waals surface area contributed by atoms with E-state index in [4.69, 9.17) is 0 Å². The molecule has 2 rings (SSSR count). The van der Waals surface area contributed by atoms with E-state index in [0.29, 0.717) is 0 Å². The lowest BCUT2D eigenvalue weighted by atomic mass is 10.1. The molecule has 4 nitrogen and oxygen atoms in total. The molecule has 0 bridgehead atoms. The third kappa shape index (κ3) is 2.73. The Morgan fingerprint density at radius 3 is 2.73 bits per heavy atom. The standard InChI is InChI=1S/C10H12N4S/c1-14(10-11-12-13-15-10)8-7-9-5-3-2-4-6-9/h2-6H,7-8H2,1H3. The largest absolute Gasteiger partial charge is 0.348 e. The molecule has 0 unspecified atom stereocenters. The zero-order valence-corrected chi connectivity index (χ0v) is 9.31. The van der Waals surface area contributed by atoms with Crippen LogP contribution < -0.4 is 4.90 Å². The van der Waals surface area contributed by atoms with Gasteiger partial charge in [-0.25, -0.2) is 0 Å². The zero-order chi connectivity index (χ0) is 10.5. The molecule has 0 saturated carbocycles. The van der Waals surface area contributed by atoms with Gasteiger partial charge in [-0.05, 0) is 17.2 Å². The molecule has 1 heterocycles. The van der Waals surface area contributed by atoms with Gasteiger partial charge in [0.25, 0.3) is 0 Å². The summed E-state index contributed by atoms with van der Waals surface area (Å²) in [7, 11) is 2.01. The molecule has 0 N–H and O–H groups in total. The fourth-order valence-electron chi connectivity index (χ4n) is 1.31. The molecule has 0 amide bonds. The Morgan fingerprint density at radius 1 is 1.27 bits per heavy atom. The SMILES string of the molecule is CN(CCc1ccccc1)c1nnns1. The van der Waals surface area contributed by atoms with Gasteiger partial charge in [0.2, 0.25) is 5.13 Å². The maximum absolute atomic E-state index is 3.91. The minimum atomic E-state index is 0.867. The van der Waals surface area contributed by atoms with E-state index in [1.165, 1.54) is 17.1 Å². The predicted molar refractivity (Wildman–Crippen MR) is 61.1 cm³/mol. The molecule has 0 aliphatic heterocycles. The Hall–Kier alpha value is -1.49. The molecule has 1 aromatic carbocycles. The summed E-state index contributed by atoms with van der Waals surface area (Å²) in [5.41, 5.74) is 1.34. The van der Waals surface area contributed by atoms with Crippen molar-refractivity contribution in [2.45, 2.75) is 6.42 Å². The van der Waals surface area contributed by atoms with Crippen molar-refractivity contribution in [2.24, 2.45) is 0 Å². The summed E-state index contributed by atoms with van der Waals surface area (Å²) in [6.07, 6.45) is 1.01. The van der Waals surface area contributed by atoms with Crippen molar-refractivity contribution >= 4 is 16.7 Å². The Labute approximate surface area is 92.7 Å². The van der Waals surface area contributed by atoms with Crippen LogP contribution in [-0.4, -0.2) is 28.4 Å². The molecule has 78 valence electrons. The summed E-state index contributed by atoms with van der Waals surface area (Å²) in [6, 6.07) is 10.4. The van der Waals surface area contributed by atoms with Crippen LogP contribution in [-0.2, 0) is 6.42 Å². The number of likely N-dealkylation sites (N-methyl/N-ethyl adjacent to an activating group) is 1. The number of hydrogen-bond donors (Lipinski definition) is 0. The van der Waals surface area contributed by atoms with Gasteiger partial charge in [-0.1, -0.05) is 39.9 Å². The summed E-state index contributed by atoms with van der Waals surface area (Å²) in [5.74, 6) is 0. The molecule has 0 aliphatic carbocycles. The maximum atomic E-state index is 3.91. The predicted octanol–water partition coefficient (Wildman–Crippen LogP) is 1.61. The molecule has 2 aromatic rings. The van der Waals surface area contributed by atoms with E-state index in [0.717, 1.165) is 18.1 Å². The molecular formula is C10H12N4S. The van der Waals surface area contributed by atoms with Crippen molar-refractivity contribution in [3.05, 3.63) is 35.9 Å². The van der Waals surface area contributed by atoms with Crippen LogP contribution in [0, 0.1) is 0 Å². The number of benzene rings is 1. The van der Waals surface area contributed by atoms with E-state index >= 15 is 0 Å². The van der Waals surface area contributed by atoms with Gasteiger partial charge in [0.05, 0.1) is 0 Å². The van der Waals surface area contributed by atoms with E-state index in [-0.39, 0.29) is 0 Å². The highest BCUT2D eigenvalue weighted by atomic mass is 32.1. The van der Waals surface area contributed by atoms with Crippen LogP contribution in [0.5, 0.6) is 0 Å². The first-order valence-electron chi connectivity index (χ1n) is 4.76. The lowest BCUT2D eigenvalue weighted by Gasteiger charge is -2.13. The number of rotatable bonds is 4. The summed E-state index contributed by atoms with van der Waals surface area (Å²) < 4.78 is 3.74. The lowest BCUT2D eigenvalue weighted by Crippen LogP contribution is -2.20. The monoisotopic (exact) mass is 220 g/mol. The topological polar surface area (TPSA) is 41.9 Å². The van der Waals surface area contributed by atoms with Crippen LogP contribution in [0.2, 0.25) is 0 Å². The molecular weight excluding hydrogens is 208 g/mol. The molecule has 0 saturated heterocycles. The van der Waals surface area contributed by atoms with Crippen LogP contribution in [0.3, 0.4) is 0 Å². The van der Waals surface area contributed by atoms with Crippen molar-refractivity contribution in [3.8, 4) is 0 Å². The summed E-state index contributed by atoms with van der Waals surface area (Å²) in [5, 5.41) is 8.35. The lowest BCUT2D eigenvalue weighted by molar-refractivity contribution is 0.848.